The number of hydrogen-bond donors (Lipinski definition) is 1. The zero-order valence-electron chi connectivity index (χ0n) is 17.3. The van der Waals surface area contributed by atoms with Crippen LogP contribution in [0.2, 0.25) is 0 Å². The first-order valence-corrected chi connectivity index (χ1v) is 10.7. The number of hydrogen-bond acceptors (Lipinski definition) is 2. The molecule has 1 N–H and O–H groups in total. The summed E-state index contributed by atoms with van der Waals surface area (Å²) in [5.41, 5.74) is 3.69. The summed E-state index contributed by atoms with van der Waals surface area (Å²) >= 11 is 0. The first kappa shape index (κ1) is 20.2. The molecule has 1 saturated heterocycles. The molecule has 0 atom stereocenters. The van der Waals surface area contributed by atoms with Crippen molar-refractivity contribution in [3.05, 3.63) is 102 Å². The maximum Gasteiger partial charge on any atom is 0.260 e. The van der Waals surface area contributed by atoms with Crippen LogP contribution in [0.15, 0.2) is 84.9 Å². The van der Waals surface area contributed by atoms with Crippen LogP contribution in [0.4, 0.5) is 0 Å². The van der Waals surface area contributed by atoms with Crippen LogP contribution in [0.3, 0.4) is 0 Å². The monoisotopic (exact) mass is 401 g/mol. The lowest BCUT2D eigenvalue weighted by Crippen LogP contribution is -3.13. The van der Waals surface area contributed by atoms with Gasteiger partial charge in [-0.2, -0.15) is 0 Å². The number of quaternary nitrogens is 1. The Morgan fingerprint density at radius 3 is 2.10 bits per heavy atom. The van der Waals surface area contributed by atoms with Crippen LogP contribution in [-0.4, -0.2) is 43.6 Å². The number of amides is 1. The van der Waals surface area contributed by atoms with E-state index in [9.17, 15) is 4.79 Å². The maximum absolute atomic E-state index is 12.7. The highest BCUT2D eigenvalue weighted by atomic mass is 16.5. The fourth-order valence-corrected chi connectivity index (χ4v) is 3.97. The zero-order chi connectivity index (χ0) is 20.6. The first-order valence-electron chi connectivity index (χ1n) is 10.7. The number of rotatable bonds is 7. The summed E-state index contributed by atoms with van der Waals surface area (Å²) in [6.45, 7) is 4.65. The predicted octanol–water partition coefficient (Wildman–Crippen LogP) is 2.58. The van der Waals surface area contributed by atoms with Gasteiger partial charge >= 0.3 is 0 Å². The number of piperazine rings is 1. The topological polar surface area (TPSA) is 34.0 Å². The molecule has 30 heavy (non-hydrogen) atoms. The second-order valence-electron chi connectivity index (χ2n) is 7.85. The van der Waals surface area contributed by atoms with Gasteiger partial charge in [-0.05, 0) is 17.2 Å². The maximum atomic E-state index is 12.7. The molecule has 1 aliphatic rings. The Hall–Kier alpha value is -3.11. The van der Waals surface area contributed by atoms with Crippen LogP contribution in [0, 0.1) is 0 Å². The van der Waals surface area contributed by atoms with E-state index in [1.807, 2.05) is 47.4 Å². The predicted molar refractivity (Wildman–Crippen MR) is 119 cm³/mol. The minimum Gasteiger partial charge on any atom is -0.483 e. The molecular formula is C26H29N2O2+. The lowest BCUT2D eigenvalue weighted by atomic mass is 10.0. The van der Waals surface area contributed by atoms with Crippen molar-refractivity contribution in [2.75, 3.05) is 32.8 Å². The Bertz CT molecular complexity index is 936. The van der Waals surface area contributed by atoms with Crippen LogP contribution in [-0.2, 0) is 17.8 Å². The molecule has 4 heteroatoms. The van der Waals surface area contributed by atoms with Gasteiger partial charge in [-0.25, -0.2) is 0 Å². The average Bonchev–Trinajstić information content (AvgIpc) is 2.80. The number of carbonyl (C=O) groups excluding carboxylic acids is 1. The van der Waals surface area contributed by atoms with E-state index in [2.05, 4.69) is 42.5 Å². The molecule has 0 spiro atoms. The van der Waals surface area contributed by atoms with E-state index in [1.165, 1.54) is 16.0 Å². The quantitative estimate of drug-likeness (QED) is 0.660. The SMILES string of the molecule is O=C(COc1ccccc1Cc1ccccc1)N1CC[NH+](Cc2ccccc2)CC1. The van der Waals surface area contributed by atoms with Gasteiger partial charge in [0, 0.05) is 12.0 Å². The highest BCUT2D eigenvalue weighted by Crippen LogP contribution is 2.21. The van der Waals surface area contributed by atoms with Gasteiger partial charge in [0.15, 0.2) is 6.61 Å². The van der Waals surface area contributed by atoms with Crippen LogP contribution in [0.25, 0.3) is 0 Å². The lowest BCUT2D eigenvalue weighted by Gasteiger charge is -2.32. The van der Waals surface area contributed by atoms with E-state index in [1.54, 1.807) is 0 Å². The Balaban J connectivity index is 1.27. The van der Waals surface area contributed by atoms with Gasteiger partial charge in [-0.1, -0.05) is 78.9 Å². The summed E-state index contributed by atoms with van der Waals surface area (Å²) in [4.78, 5) is 16.2. The Labute approximate surface area is 178 Å². The molecule has 0 aromatic heterocycles. The van der Waals surface area contributed by atoms with Gasteiger partial charge in [0.05, 0.1) is 26.2 Å². The number of ether oxygens (including phenoxy) is 1. The molecule has 0 saturated carbocycles. The number of nitrogens with one attached hydrogen (secondary N) is 1. The van der Waals surface area contributed by atoms with Gasteiger partial charge < -0.3 is 14.5 Å². The van der Waals surface area contributed by atoms with Crippen LogP contribution < -0.4 is 9.64 Å². The Kier molecular flexibility index (Phi) is 6.78. The second-order valence-corrected chi connectivity index (χ2v) is 7.85. The molecule has 0 radical (unpaired) electrons. The third-order valence-corrected chi connectivity index (χ3v) is 5.68. The smallest absolute Gasteiger partial charge is 0.260 e. The molecule has 1 amide bonds. The minimum atomic E-state index is 0.0725. The highest BCUT2D eigenvalue weighted by molar-refractivity contribution is 5.77. The number of carbonyl (C=O) groups is 1. The van der Waals surface area contributed by atoms with Crippen molar-refractivity contribution in [3.8, 4) is 5.75 Å². The minimum absolute atomic E-state index is 0.0725. The number of para-hydroxylation sites is 1. The van der Waals surface area contributed by atoms with Crippen LogP contribution >= 0.6 is 0 Å². The summed E-state index contributed by atoms with van der Waals surface area (Å²) in [7, 11) is 0. The molecular weight excluding hydrogens is 372 g/mol. The highest BCUT2D eigenvalue weighted by Gasteiger charge is 2.24. The molecule has 4 nitrogen and oxygen atoms in total. The number of benzene rings is 3. The van der Waals surface area contributed by atoms with Gasteiger partial charge in [-0.15, -0.1) is 0 Å². The van der Waals surface area contributed by atoms with E-state index >= 15 is 0 Å². The van der Waals surface area contributed by atoms with Gasteiger partial charge in [0.25, 0.3) is 5.91 Å². The molecule has 0 aliphatic carbocycles. The van der Waals surface area contributed by atoms with Crippen molar-refractivity contribution in [2.24, 2.45) is 0 Å². The zero-order valence-corrected chi connectivity index (χ0v) is 17.3. The standard InChI is InChI=1S/C26H28N2O2/c29-26(28-17-15-27(16-18-28)20-23-11-5-2-6-12-23)21-30-25-14-8-7-13-24(25)19-22-9-3-1-4-10-22/h1-14H,15-21H2/p+1. The van der Waals surface area contributed by atoms with Gasteiger partial charge in [0.1, 0.15) is 12.3 Å². The molecule has 1 heterocycles. The fraction of sp³-hybridized carbons (Fsp3) is 0.269. The Morgan fingerprint density at radius 1 is 0.800 bits per heavy atom. The van der Waals surface area contributed by atoms with Gasteiger partial charge in [-0.3, -0.25) is 4.79 Å². The second kappa shape index (κ2) is 10.1. The molecule has 154 valence electrons. The first-order chi connectivity index (χ1) is 14.8. The molecule has 3 aromatic carbocycles. The molecule has 0 bridgehead atoms. The fourth-order valence-electron chi connectivity index (χ4n) is 3.97. The van der Waals surface area contributed by atoms with Crippen LogP contribution in [0.5, 0.6) is 5.75 Å². The van der Waals surface area contributed by atoms with Crippen molar-refractivity contribution < 1.29 is 14.4 Å². The molecule has 4 rings (SSSR count). The molecule has 3 aromatic rings. The van der Waals surface area contributed by atoms with E-state index in [4.69, 9.17) is 4.74 Å². The number of nitrogens with zero attached hydrogens (tertiary/aromatic N) is 1. The van der Waals surface area contributed by atoms with Crippen molar-refractivity contribution in [1.29, 1.82) is 0 Å². The van der Waals surface area contributed by atoms with E-state index < -0.39 is 0 Å². The summed E-state index contributed by atoms with van der Waals surface area (Å²) in [5, 5.41) is 0. The average molecular weight is 402 g/mol. The van der Waals surface area contributed by atoms with Crippen molar-refractivity contribution in [1.82, 2.24) is 4.90 Å². The van der Waals surface area contributed by atoms with Crippen molar-refractivity contribution in [3.63, 3.8) is 0 Å². The largest absolute Gasteiger partial charge is 0.483 e. The van der Waals surface area contributed by atoms with E-state index in [0.29, 0.717) is 0 Å². The third kappa shape index (κ3) is 5.49. The third-order valence-electron chi connectivity index (χ3n) is 5.68. The summed E-state index contributed by atoms with van der Waals surface area (Å²) in [6.07, 6.45) is 0.798. The lowest BCUT2D eigenvalue weighted by molar-refractivity contribution is -0.917. The summed E-state index contributed by atoms with van der Waals surface area (Å²) in [6, 6.07) is 28.9. The van der Waals surface area contributed by atoms with Crippen LogP contribution in [0.1, 0.15) is 16.7 Å². The van der Waals surface area contributed by atoms with E-state index in [0.717, 1.165) is 50.5 Å². The van der Waals surface area contributed by atoms with Crippen molar-refractivity contribution in [2.45, 2.75) is 13.0 Å². The summed E-state index contributed by atoms with van der Waals surface area (Å²) < 4.78 is 5.95. The molecule has 1 aliphatic heterocycles. The van der Waals surface area contributed by atoms with Crippen molar-refractivity contribution >= 4 is 5.91 Å². The van der Waals surface area contributed by atoms with E-state index in [-0.39, 0.29) is 12.5 Å². The summed E-state index contributed by atoms with van der Waals surface area (Å²) in [5.74, 6) is 0.867. The van der Waals surface area contributed by atoms with Gasteiger partial charge in [0.2, 0.25) is 0 Å². The molecule has 1 fully saturated rings. The molecule has 0 unspecified atom stereocenters. The Morgan fingerprint density at radius 2 is 1.40 bits per heavy atom. The normalized spacial score (nSPS) is 14.5.